The highest BCUT2D eigenvalue weighted by atomic mass is 32.2. The number of benzene rings is 1. The van der Waals surface area contributed by atoms with Crippen molar-refractivity contribution in [3.8, 4) is 0 Å². The van der Waals surface area contributed by atoms with Crippen LogP contribution in [-0.2, 0) is 21.2 Å². The Morgan fingerprint density at radius 2 is 1.95 bits per heavy atom. The summed E-state index contributed by atoms with van der Waals surface area (Å²) in [5, 5.41) is 9.13. The van der Waals surface area contributed by atoms with E-state index >= 15 is 0 Å². The predicted molar refractivity (Wildman–Crippen MR) is 80.4 cm³/mol. The lowest BCUT2D eigenvalue weighted by Crippen LogP contribution is -2.46. The van der Waals surface area contributed by atoms with E-state index in [2.05, 4.69) is 0 Å². The quantitative estimate of drug-likeness (QED) is 0.896. The van der Waals surface area contributed by atoms with Crippen molar-refractivity contribution in [2.45, 2.75) is 19.8 Å². The van der Waals surface area contributed by atoms with Crippen molar-refractivity contribution < 1.29 is 18.3 Å². The molecule has 21 heavy (non-hydrogen) atoms. The number of sulfonamides is 1. The Morgan fingerprint density at radius 1 is 1.29 bits per heavy atom. The molecule has 2 unspecified atom stereocenters. The lowest BCUT2D eigenvalue weighted by molar-refractivity contribution is -0.143. The number of piperidine rings is 1. The molecule has 0 aromatic heterocycles. The van der Waals surface area contributed by atoms with Crippen LogP contribution in [0.5, 0.6) is 0 Å². The molecule has 1 N–H and O–H groups in total. The minimum Gasteiger partial charge on any atom is -0.481 e. The maximum Gasteiger partial charge on any atom is 0.307 e. The Labute approximate surface area is 125 Å². The van der Waals surface area contributed by atoms with E-state index < -0.39 is 21.9 Å². The van der Waals surface area contributed by atoms with Gasteiger partial charge in [0.15, 0.2) is 0 Å². The van der Waals surface area contributed by atoms with Crippen LogP contribution < -0.4 is 0 Å². The fourth-order valence-corrected chi connectivity index (χ4v) is 4.37. The summed E-state index contributed by atoms with van der Waals surface area (Å²) in [4.78, 5) is 11.1. The van der Waals surface area contributed by atoms with Gasteiger partial charge < -0.3 is 5.11 Å². The van der Waals surface area contributed by atoms with Crippen molar-refractivity contribution in [3.05, 3.63) is 35.9 Å². The molecule has 5 nitrogen and oxygen atoms in total. The van der Waals surface area contributed by atoms with Gasteiger partial charge in [0.05, 0.1) is 11.7 Å². The standard InChI is InChI=1S/C15H21NO4S/c1-12-9-14(15(17)18)11-16(10-12)21(19,20)8-7-13-5-3-2-4-6-13/h2-6,12,14H,7-11H2,1H3,(H,17,18). The van der Waals surface area contributed by atoms with Gasteiger partial charge in [0.25, 0.3) is 0 Å². The third kappa shape index (κ3) is 4.28. The summed E-state index contributed by atoms with van der Waals surface area (Å²) >= 11 is 0. The van der Waals surface area contributed by atoms with Crippen LogP contribution in [0.4, 0.5) is 0 Å². The maximum atomic E-state index is 12.4. The number of carboxylic acid groups (broad SMARTS) is 1. The van der Waals surface area contributed by atoms with Crippen LogP contribution in [0.2, 0.25) is 0 Å². The van der Waals surface area contributed by atoms with Crippen molar-refractivity contribution in [3.63, 3.8) is 0 Å². The highest BCUT2D eigenvalue weighted by Crippen LogP contribution is 2.24. The maximum absolute atomic E-state index is 12.4. The van der Waals surface area contributed by atoms with Crippen molar-refractivity contribution in [2.24, 2.45) is 11.8 Å². The zero-order valence-electron chi connectivity index (χ0n) is 12.1. The zero-order valence-corrected chi connectivity index (χ0v) is 12.9. The molecule has 0 radical (unpaired) electrons. The van der Waals surface area contributed by atoms with E-state index in [4.69, 9.17) is 5.11 Å². The smallest absolute Gasteiger partial charge is 0.307 e. The lowest BCUT2D eigenvalue weighted by atomic mass is 9.92. The van der Waals surface area contributed by atoms with Gasteiger partial charge in [-0.1, -0.05) is 37.3 Å². The summed E-state index contributed by atoms with van der Waals surface area (Å²) in [6.07, 6.45) is 0.992. The summed E-state index contributed by atoms with van der Waals surface area (Å²) < 4.78 is 26.2. The van der Waals surface area contributed by atoms with Gasteiger partial charge in [-0.05, 0) is 24.3 Å². The predicted octanol–water partition coefficient (Wildman–Crippen LogP) is 1.60. The molecule has 2 rings (SSSR count). The van der Waals surface area contributed by atoms with Gasteiger partial charge in [0.1, 0.15) is 0 Å². The second kappa shape index (κ2) is 6.58. The molecule has 0 spiro atoms. The Hall–Kier alpha value is -1.40. The first kappa shape index (κ1) is 16.0. The molecule has 0 saturated carbocycles. The van der Waals surface area contributed by atoms with Crippen LogP contribution in [0, 0.1) is 11.8 Å². The topological polar surface area (TPSA) is 74.7 Å². The van der Waals surface area contributed by atoms with Crippen molar-refractivity contribution >= 4 is 16.0 Å². The Bertz CT molecular complexity index is 585. The van der Waals surface area contributed by atoms with E-state index in [1.54, 1.807) is 0 Å². The molecule has 1 heterocycles. The number of rotatable bonds is 5. The fraction of sp³-hybridized carbons (Fsp3) is 0.533. The van der Waals surface area contributed by atoms with Gasteiger partial charge in [0.2, 0.25) is 10.0 Å². The van der Waals surface area contributed by atoms with E-state index in [1.165, 1.54) is 4.31 Å². The molecule has 0 bridgehead atoms. The van der Waals surface area contributed by atoms with Gasteiger partial charge in [-0.25, -0.2) is 12.7 Å². The zero-order chi connectivity index (χ0) is 15.5. The van der Waals surface area contributed by atoms with E-state index in [9.17, 15) is 13.2 Å². The lowest BCUT2D eigenvalue weighted by Gasteiger charge is -2.33. The first-order valence-electron chi connectivity index (χ1n) is 7.13. The number of aryl methyl sites for hydroxylation is 1. The van der Waals surface area contributed by atoms with Crippen molar-refractivity contribution in [2.75, 3.05) is 18.8 Å². The largest absolute Gasteiger partial charge is 0.481 e. The second-order valence-electron chi connectivity index (χ2n) is 5.74. The molecule has 6 heteroatoms. The van der Waals surface area contributed by atoms with E-state index in [0.29, 0.717) is 19.4 Å². The Morgan fingerprint density at radius 3 is 2.57 bits per heavy atom. The van der Waals surface area contributed by atoms with Crippen LogP contribution in [0.25, 0.3) is 0 Å². The van der Waals surface area contributed by atoms with Gasteiger partial charge in [-0.2, -0.15) is 0 Å². The molecule has 2 atom stereocenters. The summed E-state index contributed by atoms with van der Waals surface area (Å²) in [6, 6.07) is 9.45. The van der Waals surface area contributed by atoms with Crippen molar-refractivity contribution in [1.29, 1.82) is 0 Å². The number of aliphatic carboxylic acids is 1. The number of nitrogens with zero attached hydrogens (tertiary/aromatic N) is 1. The molecular weight excluding hydrogens is 290 g/mol. The first-order chi connectivity index (χ1) is 9.88. The number of hydrogen-bond donors (Lipinski definition) is 1. The van der Waals surface area contributed by atoms with E-state index in [-0.39, 0.29) is 18.2 Å². The van der Waals surface area contributed by atoms with Gasteiger partial charge in [-0.15, -0.1) is 0 Å². The average Bonchev–Trinajstić information content (AvgIpc) is 2.45. The number of carbonyl (C=O) groups is 1. The van der Waals surface area contributed by atoms with Crippen LogP contribution in [0.15, 0.2) is 30.3 Å². The van der Waals surface area contributed by atoms with Gasteiger partial charge in [-0.3, -0.25) is 4.79 Å². The molecule has 116 valence electrons. The minimum absolute atomic E-state index is 0.0239. The third-order valence-corrected chi connectivity index (χ3v) is 5.67. The first-order valence-corrected chi connectivity index (χ1v) is 8.74. The fourth-order valence-electron chi connectivity index (χ4n) is 2.73. The molecule has 1 aromatic rings. The number of carboxylic acids is 1. The normalized spacial score (nSPS) is 23.9. The van der Waals surface area contributed by atoms with Crippen molar-refractivity contribution in [1.82, 2.24) is 4.31 Å². The van der Waals surface area contributed by atoms with Crippen LogP contribution >= 0.6 is 0 Å². The van der Waals surface area contributed by atoms with Crippen LogP contribution in [0.3, 0.4) is 0 Å². The second-order valence-corrected chi connectivity index (χ2v) is 7.83. The monoisotopic (exact) mass is 311 g/mol. The summed E-state index contributed by atoms with van der Waals surface area (Å²) in [6.45, 7) is 2.41. The highest BCUT2D eigenvalue weighted by molar-refractivity contribution is 7.89. The van der Waals surface area contributed by atoms with Gasteiger partial charge in [0, 0.05) is 13.1 Å². The van der Waals surface area contributed by atoms with Crippen LogP contribution in [-0.4, -0.2) is 42.6 Å². The molecule has 0 amide bonds. The Balaban J connectivity index is 2.03. The highest BCUT2D eigenvalue weighted by Gasteiger charge is 2.35. The molecule has 0 aliphatic carbocycles. The molecule has 1 saturated heterocycles. The molecule has 1 aromatic carbocycles. The number of hydrogen-bond acceptors (Lipinski definition) is 3. The van der Waals surface area contributed by atoms with Crippen LogP contribution in [0.1, 0.15) is 18.9 Å². The molecular formula is C15H21NO4S. The summed E-state index contributed by atoms with van der Waals surface area (Å²) in [5.74, 6) is -1.41. The summed E-state index contributed by atoms with van der Waals surface area (Å²) in [5.41, 5.74) is 0.973. The van der Waals surface area contributed by atoms with Gasteiger partial charge >= 0.3 is 5.97 Å². The SMILES string of the molecule is CC1CC(C(=O)O)CN(S(=O)(=O)CCc2ccccc2)C1. The van der Waals surface area contributed by atoms with E-state index in [1.807, 2.05) is 37.3 Å². The summed E-state index contributed by atoms with van der Waals surface area (Å²) in [7, 11) is -3.41. The minimum atomic E-state index is -3.41. The average molecular weight is 311 g/mol. The molecule has 1 aliphatic heterocycles. The Kier molecular flexibility index (Phi) is 5.00. The molecule has 1 fully saturated rings. The third-order valence-electron chi connectivity index (χ3n) is 3.86. The molecule has 1 aliphatic rings. The van der Waals surface area contributed by atoms with E-state index in [0.717, 1.165) is 5.56 Å².